The summed E-state index contributed by atoms with van der Waals surface area (Å²) in [5.41, 5.74) is 0. The molecule has 44 valence electrons. The van der Waals surface area contributed by atoms with Gasteiger partial charge in [0, 0.05) is 12.3 Å². The van der Waals surface area contributed by atoms with Crippen molar-refractivity contribution in [2.75, 3.05) is 12.3 Å². The molecule has 0 aliphatic rings. The molecule has 0 heterocycles. The highest BCUT2D eigenvalue weighted by Crippen LogP contribution is 1.84. The summed E-state index contributed by atoms with van der Waals surface area (Å²) in [6.07, 6.45) is -0.319. The van der Waals surface area contributed by atoms with Crippen LogP contribution in [0.15, 0.2) is 0 Å². The van der Waals surface area contributed by atoms with Crippen molar-refractivity contribution < 1.29 is 5.11 Å². The highest BCUT2D eigenvalue weighted by molar-refractivity contribution is 7.80. The van der Waals surface area contributed by atoms with Gasteiger partial charge in [-0.15, -0.1) is 0 Å². The molecule has 2 unspecified atom stereocenters. The van der Waals surface area contributed by atoms with Crippen molar-refractivity contribution in [3.8, 4) is 0 Å². The largest absolute Gasteiger partial charge is 0.391 e. The third-order valence-electron chi connectivity index (χ3n) is 0.564. The lowest BCUT2D eigenvalue weighted by molar-refractivity contribution is 0.204. The second kappa shape index (κ2) is 4.85. The van der Waals surface area contributed by atoms with Gasteiger partial charge >= 0.3 is 0 Å². The molecule has 0 fully saturated rings. The highest BCUT2D eigenvalue weighted by atomic mass is 32.1. The van der Waals surface area contributed by atoms with Crippen LogP contribution in [-0.2, 0) is 0 Å². The third kappa shape index (κ3) is 4.56. The molecule has 0 radical (unpaired) electrons. The Kier molecular flexibility index (Phi) is 5.33. The zero-order chi connectivity index (χ0) is 5.70. The Labute approximate surface area is 51.4 Å². The number of nitrogens with one attached hydrogen (secondary N) is 1. The fourth-order valence-electron chi connectivity index (χ4n) is 0.201. The van der Waals surface area contributed by atoms with Crippen molar-refractivity contribution in [3.63, 3.8) is 0 Å². The predicted molar refractivity (Wildman–Crippen MR) is 37.6 cm³/mol. The molecule has 0 amide bonds. The van der Waals surface area contributed by atoms with Crippen LogP contribution in [0.25, 0.3) is 0 Å². The van der Waals surface area contributed by atoms with Gasteiger partial charge in [-0.3, -0.25) is 5.09 Å². The summed E-state index contributed by atoms with van der Waals surface area (Å²) in [4.78, 5) is 0. The van der Waals surface area contributed by atoms with Crippen molar-refractivity contribution in [2.24, 2.45) is 0 Å². The lowest BCUT2D eigenvalue weighted by atomic mass is 10.4. The van der Waals surface area contributed by atoms with Gasteiger partial charge in [-0.25, -0.2) is 0 Å². The predicted octanol–water partition coefficient (Wildman–Crippen LogP) is -0.343. The van der Waals surface area contributed by atoms with E-state index < -0.39 is 0 Å². The van der Waals surface area contributed by atoms with Gasteiger partial charge in [0.25, 0.3) is 0 Å². The van der Waals surface area contributed by atoms with Crippen LogP contribution in [0.2, 0.25) is 0 Å². The molecule has 0 aromatic heterocycles. The summed E-state index contributed by atoms with van der Waals surface area (Å²) in [6, 6.07) is 0. The summed E-state index contributed by atoms with van der Waals surface area (Å²) < 4.78 is 0. The summed E-state index contributed by atoms with van der Waals surface area (Å²) >= 11 is 3.85. The molecule has 0 saturated carbocycles. The van der Waals surface area contributed by atoms with Crippen molar-refractivity contribution in [1.29, 1.82) is 0 Å². The van der Waals surface area contributed by atoms with Crippen LogP contribution < -0.4 is 5.09 Å². The zero-order valence-corrected chi connectivity index (χ0v) is 6.01. The van der Waals surface area contributed by atoms with Gasteiger partial charge in [-0.05, 0) is 0 Å². The molecule has 0 aromatic rings. The van der Waals surface area contributed by atoms with E-state index in [2.05, 4.69) is 27.1 Å². The molecule has 0 aliphatic carbocycles. The van der Waals surface area contributed by atoms with Gasteiger partial charge in [0.05, 0.1) is 6.10 Å². The van der Waals surface area contributed by atoms with Gasteiger partial charge in [-0.1, -0.05) is 9.39 Å². The van der Waals surface area contributed by atoms with Gasteiger partial charge in [0.15, 0.2) is 0 Å². The first-order chi connectivity index (χ1) is 3.31. The molecule has 7 heavy (non-hydrogen) atoms. The number of thiol groups is 1. The maximum Gasteiger partial charge on any atom is 0.0755 e. The second-order valence-electron chi connectivity index (χ2n) is 1.24. The maximum absolute atomic E-state index is 8.71. The minimum absolute atomic E-state index is 0.319. The Bertz CT molecular complexity index is 45.9. The SMILES string of the molecule is OC(CS)CNP. The minimum Gasteiger partial charge on any atom is -0.391 e. The fraction of sp³-hybridized carbons (Fsp3) is 1.00. The first kappa shape index (κ1) is 7.70. The summed E-state index contributed by atoms with van der Waals surface area (Å²) in [6.45, 7) is 0.591. The average molecular weight is 139 g/mol. The molecule has 0 spiro atoms. The van der Waals surface area contributed by atoms with Gasteiger partial charge in [-0.2, -0.15) is 12.6 Å². The summed E-state index contributed by atoms with van der Waals surface area (Å²) in [7, 11) is 2.31. The lowest BCUT2D eigenvalue weighted by Crippen LogP contribution is -2.20. The molecule has 0 aromatic carbocycles. The Hall–Kier alpha value is 0.700. The second-order valence-corrected chi connectivity index (χ2v) is 2.02. The lowest BCUT2D eigenvalue weighted by Gasteiger charge is -2.02. The maximum atomic E-state index is 8.71. The van der Waals surface area contributed by atoms with Gasteiger partial charge in [0.1, 0.15) is 0 Å². The molecule has 0 saturated heterocycles. The van der Waals surface area contributed by atoms with Crippen LogP contribution >= 0.6 is 22.0 Å². The van der Waals surface area contributed by atoms with Crippen LogP contribution in [0.4, 0.5) is 0 Å². The van der Waals surface area contributed by atoms with Gasteiger partial charge in [0.2, 0.25) is 0 Å². The van der Waals surface area contributed by atoms with E-state index in [1.54, 1.807) is 0 Å². The van der Waals surface area contributed by atoms with Crippen molar-refractivity contribution >= 4 is 22.0 Å². The normalized spacial score (nSPS) is 14.1. The van der Waals surface area contributed by atoms with Crippen LogP contribution in [0.1, 0.15) is 0 Å². The summed E-state index contributed by atoms with van der Waals surface area (Å²) in [5.74, 6) is 0.515. The molecule has 0 rings (SSSR count). The molecule has 2 N–H and O–H groups in total. The molecule has 0 bridgehead atoms. The Morgan fingerprint density at radius 2 is 2.43 bits per heavy atom. The zero-order valence-electron chi connectivity index (χ0n) is 3.96. The monoisotopic (exact) mass is 139 g/mol. The Balaban J connectivity index is 2.83. The standard InChI is InChI=1S/C3H10NOPS/c5-3(2-7)1-4-6/h3-5,7H,1-2,6H2. The van der Waals surface area contributed by atoms with E-state index in [-0.39, 0.29) is 6.10 Å². The van der Waals surface area contributed by atoms with Gasteiger partial charge < -0.3 is 5.11 Å². The van der Waals surface area contributed by atoms with Crippen LogP contribution in [-0.4, -0.2) is 23.5 Å². The first-order valence-corrected chi connectivity index (χ1v) is 3.24. The third-order valence-corrected chi connectivity index (χ3v) is 1.22. The first-order valence-electron chi connectivity index (χ1n) is 2.03. The Morgan fingerprint density at radius 3 is 2.57 bits per heavy atom. The number of aliphatic hydroxyl groups excluding tert-OH is 1. The number of rotatable bonds is 3. The van der Waals surface area contributed by atoms with Crippen molar-refractivity contribution in [3.05, 3.63) is 0 Å². The topological polar surface area (TPSA) is 32.3 Å². The van der Waals surface area contributed by atoms with E-state index in [1.807, 2.05) is 0 Å². The Morgan fingerprint density at radius 1 is 1.86 bits per heavy atom. The van der Waals surface area contributed by atoms with E-state index in [9.17, 15) is 0 Å². The van der Waals surface area contributed by atoms with E-state index in [0.29, 0.717) is 12.3 Å². The average Bonchev–Trinajstić information content (AvgIpc) is 1.68. The molecule has 0 aliphatic heterocycles. The van der Waals surface area contributed by atoms with Crippen molar-refractivity contribution in [2.45, 2.75) is 6.10 Å². The molecule has 2 nitrogen and oxygen atoms in total. The van der Waals surface area contributed by atoms with Crippen LogP contribution in [0, 0.1) is 0 Å². The number of hydrogen-bond donors (Lipinski definition) is 3. The summed E-state index contributed by atoms with van der Waals surface area (Å²) in [5, 5.41) is 11.4. The highest BCUT2D eigenvalue weighted by Gasteiger charge is 1.94. The molecule has 4 heteroatoms. The minimum atomic E-state index is -0.319. The van der Waals surface area contributed by atoms with E-state index in [0.717, 1.165) is 0 Å². The molecular formula is C3H10NOPS. The fourth-order valence-corrected chi connectivity index (χ4v) is 0.602. The van der Waals surface area contributed by atoms with E-state index in [1.165, 1.54) is 0 Å². The number of aliphatic hydroxyl groups is 1. The van der Waals surface area contributed by atoms with E-state index in [4.69, 9.17) is 5.11 Å². The van der Waals surface area contributed by atoms with E-state index >= 15 is 0 Å². The van der Waals surface area contributed by atoms with Crippen LogP contribution in [0.5, 0.6) is 0 Å². The molecule has 2 atom stereocenters. The van der Waals surface area contributed by atoms with Crippen molar-refractivity contribution in [1.82, 2.24) is 5.09 Å². The molecular weight excluding hydrogens is 129 g/mol. The quantitative estimate of drug-likeness (QED) is 0.369. The van der Waals surface area contributed by atoms with Crippen LogP contribution in [0.3, 0.4) is 0 Å². The smallest absolute Gasteiger partial charge is 0.0755 e. The number of hydrogen-bond acceptors (Lipinski definition) is 3.